The molecule has 0 spiro atoms. The Morgan fingerprint density at radius 2 is 1.85 bits per heavy atom. The Morgan fingerprint density at radius 1 is 1.12 bits per heavy atom. The predicted molar refractivity (Wildman–Crippen MR) is 111 cm³/mol. The van der Waals surface area contributed by atoms with E-state index in [0.717, 1.165) is 17.9 Å². The summed E-state index contributed by atoms with van der Waals surface area (Å²) in [5.41, 5.74) is 3.70. The molecule has 0 aliphatic rings. The summed E-state index contributed by atoms with van der Waals surface area (Å²) in [5.74, 6) is 0.969. The van der Waals surface area contributed by atoms with E-state index >= 15 is 0 Å². The second kappa shape index (κ2) is 11.0. The highest BCUT2D eigenvalue weighted by atomic mass is 35.5. The lowest BCUT2D eigenvalue weighted by Crippen LogP contribution is -2.32. The molecule has 0 aliphatic heterocycles. The zero-order chi connectivity index (χ0) is 18.9. The summed E-state index contributed by atoms with van der Waals surface area (Å²) >= 11 is 7.72. The molecule has 3 nitrogen and oxygen atoms in total. The lowest BCUT2D eigenvalue weighted by Gasteiger charge is -2.17. The van der Waals surface area contributed by atoms with Crippen LogP contribution < -0.4 is 5.32 Å². The Labute approximate surface area is 166 Å². The lowest BCUT2D eigenvalue weighted by atomic mass is 10.1. The van der Waals surface area contributed by atoms with E-state index in [1.165, 1.54) is 16.0 Å². The molecule has 0 fully saturated rings. The van der Waals surface area contributed by atoms with Crippen LogP contribution in [0.1, 0.15) is 29.7 Å². The first-order valence-corrected chi connectivity index (χ1v) is 10.3. The average Bonchev–Trinajstić information content (AvgIpc) is 2.63. The van der Waals surface area contributed by atoms with Crippen molar-refractivity contribution in [1.29, 1.82) is 0 Å². The molecule has 0 aliphatic carbocycles. The molecule has 2 atom stereocenters. The fraction of sp³-hybridized carbons (Fsp3) is 0.429. The number of rotatable bonds is 10. The van der Waals surface area contributed by atoms with Crippen molar-refractivity contribution < 1.29 is 9.84 Å². The first-order valence-electron chi connectivity index (χ1n) is 8.91. The smallest absolute Gasteiger partial charge is 0.0897 e. The van der Waals surface area contributed by atoms with Gasteiger partial charge >= 0.3 is 0 Å². The molecule has 26 heavy (non-hydrogen) atoms. The number of ether oxygens (including phenoxy) is 1. The summed E-state index contributed by atoms with van der Waals surface area (Å²) in [7, 11) is 0. The van der Waals surface area contributed by atoms with E-state index in [1.807, 2.05) is 43.0 Å². The Balaban J connectivity index is 1.59. The fourth-order valence-electron chi connectivity index (χ4n) is 2.46. The van der Waals surface area contributed by atoms with Gasteiger partial charge in [-0.05, 0) is 61.7 Å². The van der Waals surface area contributed by atoms with Gasteiger partial charge in [-0.25, -0.2) is 0 Å². The first-order chi connectivity index (χ1) is 12.5. The van der Waals surface area contributed by atoms with Gasteiger partial charge in [0, 0.05) is 28.8 Å². The average molecular weight is 394 g/mol. The van der Waals surface area contributed by atoms with Crippen LogP contribution in [0, 0.1) is 13.8 Å². The van der Waals surface area contributed by atoms with Crippen LogP contribution in [0.2, 0.25) is 5.02 Å². The second-order valence-corrected chi connectivity index (χ2v) is 8.08. The molecule has 0 amide bonds. The van der Waals surface area contributed by atoms with Crippen molar-refractivity contribution in [3.8, 4) is 0 Å². The van der Waals surface area contributed by atoms with E-state index in [9.17, 15) is 5.11 Å². The Bertz CT molecular complexity index is 678. The van der Waals surface area contributed by atoms with Crippen LogP contribution in [0.15, 0.2) is 47.4 Å². The maximum absolute atomic E-state index is 10.1. The fourth-order valence-corrected chi connectivity index (χ4v) is 3.49. The van der Waals surface area contributed by atoms with Crippen LogP contribution in [-0.2, 0) is 4.74 Å². The van der Waals surface area contributed by atoms with Gasteiger partial charge in [0.2, 0.25) is 0 Å². The molecule has 2 N–H and O–H groups in total. The summed E-state index contributed by atoms with van der Waals surface area (Å²) in [6.45, 7) is 7.93. The van der Waals surface area contributed by atoms with Gasteiger partial charge in [0.15, 0.2) is 0 Å². The number of hydrogen-bond donors (Lipinski definition) is 2. The number of hydrogen-bond acceptors (Lipinski definition) is 4. The van der Waals surface area contributed by atoms with Crippen LogP contribution in [-0.4, -0.2) is 36.7 Å². The zero-order valence-electron chi connectivity index (χ0n) is 15.7. The summed E-state index contributed by atoms with van der Waals surface area (Å²) in [5, 5.41) is 14.1. The zero-order valence-corrected chi connectivity index (χ0v) is 17.2. The number of halogens is 1. The topological polar surface area (TPSA) is 41.5 Å². The molecule has 2 aromatic rings. The predicted octanol–water partition coefficient (Wildman–Crippen LogP) is 4.78. The lowest BCUT2D eigenvalue weighted by molar-refractivity contribution is -0.00181. The molecular formula is C21H28ClNO2S. The number of nitrogens with one attached hydrogen (secondary N) is 1. The molecule has 0 unspecified atom stereocenters. The van der Waals surface area contributed by atoms with Gasteiger partial charge in [-0.15, -0.1) is 11.8 Å². The number of aliphatic hydroxyl groups is 1. The molecule has 0 aromatic heterocycles. The van der Waals surface area contributed by atoms with Crippen molar-refractivity contribution in [2.45, 2.75) is 37.9 Å². The van der Waals surface area contributed by atoms with Crippen molar-refractivity contribution in [1.82, 2.24) is 5.32 Å². The molecule has 142 valence electrons. The van der Waals surface area contributed by atoms with Crippen LogP contribution >= 0.6 is 23.4 Å². The highest BCUT2D eigenvalue weighted by Crippen LogP contribution is 2.21. The van der Waals surface area contributed by atoms with Crippen LogP contribution in [0.25, 0.3) is 0 Å². The number of thioether (sulfide) groups is 1. The van der Waals surface area contributed by atoms with Crippen LogP contribution in [0.5, 0.6) is 0 Å². The molecule has 0 heterocycles. The number of benzene rings is 2. The van der Waals surface area contributed by atoms with Crippen molar-refractivity contribution in [2.75, 3.05) is 25.4 Å². The van der Waals surface area contributed by atoms with Gasteiger partial charge in [0.05, 0.1) is 18.8 Å². The SMILES string of the molecule is Cc1ccc(SCCNC[C@@H](O)CO[C@@H](C)c2ccc(Cl)cc2)cc1C. The van der Waals surface area contributed by atoms with Gasteiger partial charge in [0.25, 0.3) is 0 Å². The number of aliphatic hydroxyl groups excluding tert-OH is 1. The van der Waals surface area contributed by atoms with Gasteiger partial charge in [-0.1, -0.05) is 29.8 Å². The van der Waals surface area contributed by atoms with Crippen molar-refractivity contribution in [2.24, 2.45) is 0 Å². The Hall–Kier alpha value is -1.04. The summed E-state index contributed by atoms with van der Waals surface area (Å²) in [4.78, 5) is 1.29. The molecule has 5 heteroatoms. The maximum Gasteiger partial charge on any atom is 0.0897 e. The quantitative estimate of drug-likeness (QED) is 0.450. The van der Waals surface area contributed by atoms with Crippen LogP contribution in [0.3, 0.4) is 0 Å². The van der Waals surface area contributed by atoms with Crippen LogP contribution in [0.4, 0.5) is 0 Å². The Morgan fingerprint density at radius 3 is 2.54 bits per heavy atom. The molecule has 0 bridgehead atoms. The normalized spacial score (nSPS) is 13.6. The van der Waals surface area contributed by atoms with Crippen molar-refractivity contribution in [3.05, 3.63) is 64.2 Å². The third kappa shape index (κ3) is 7.29. The molecule has 0 radical (unpaired) electrons. The summed E-state index contributed by atoms with van der Waals surface area (Å²) in [6, 6.07) is 14.1. The maximum atomic E-state index is 10.1. The summed E-state index contributed by atoms with van der Waals surface area (Å²) < 4.78 is 5.74. The number of aryl methyl sites for hydroxylation is 2. The van der Waals surface area contributed by atoms with E-state index in [1.54, 1.807) is 0 Å². The van der Waals surface area contributed by atoms with Crippen molar-refractivity contribution >= 4 is 23.4 Å². The van der Waals surface area contributed by atoms with E-state index < -0.39 is 6.10 Å². The molecule has 0 saturated heterocycles. The van der Waals surface area contributed by atoms with E-state index in [2.05, 4.69) is 37.4 Å². The molecule has 2 aromatic carbocycles. The monoisotopic (exact) mass is 393 g/mol. The largest absolute Gasteiger partial charge is 0.389 e. The summed E-state index contributed by atoms with van der Waals surface area (Å²) in [6.07, 6.45) is -0.585. The van der Waals surface area contributed by atoms with E-state index in [-0.39, 0.29) is 6.10 Å². The highest BCUT2D eigenvalue weighted by Gasteiger charge is 2.10. The van der Waals surface area contributed by atoms with Gasteiger partial charge in [0.1, 0.15) is 0 Å². The minimum absolute atomic E-state index is 0.0674. The molecular weight excluding hydrogens is 366 g/mol. The third-order valence-electron chi connectivity index (χ3n) is 4.28. The third-order valence-corrected chi connectivity index (χ3v) is 5.53. The van der Waals surface area contributed by atoms with Gasteiger partial charge < -0.3 is 15.2 Å². The molecule has 2 rings (SSSR count). The van der Waals surface area contributed by atoms with Gasteiger partial charge in [-0.3, -0.25) is 0 Å². The Kier molecular flexibility index (Phi) is 8.96. The van der Waals surface area contributed by atoms with E-state index in [4.69, 9.17) is 16.3 Å². The van der Waals surface area contributed by atoms with Crippen molar-refractivity contribution in [3.63, 3.8) is 0 Å². The first kappa shape index (κ1) is 21.3. The standard InChI is InChI=1S/C21H28ClNO2S/c1-15-4-9-21(12-16(15)2)26-11-10-23-13-20(24)14-25-17(3)18-5-7-19(22)8-6-18/h4-9,12,17,20,23-24H,10-11,13-14H2,1-3H3/t17-,20+/m0/s1. The highest BCUT2D eigenvalue weighted by molar-refractivity contribution is 7.99. The van der Waals surface area contributed by atoms with E-state index in [0.29, 0.717) is 18.2 Å². The minimum atomic E-state index is -0.517. The molecule has 0 saturated carbocycles. The second-order valence-electron chi connectivity index (χ2n) is 6.48. The van der Waals surface area contributed by atoms with Gasteiger partial charge in [-0.2, -0.15) is 0 Å². The minimum Gasteiger partial charge on any atom is -0.389 e.